The summed E-state index contributed by atoms with van der Waals surface area (Å²) in [6.07, 6.45) is -1.15. The van der Waals surface area contributed by atoms with Gasteiger partial charge in [0.25, 0.3) is 5.97 Å². The molecule has 0 saturated carbocycles. The number of rotatable bonds is 0. The number of cyclic esters (lactones) is 1. The van der Waals surface area contributed by atoms with Gasteiger partial charge in [-0.05, 0) is 6.42 Å². The molecule has 6 heteroatoms. The third kappa shape index (κ3) is 1.74. The molecule has 0 spiro atoms. The van der Waals surface area contributed by atoms with Gasteiger partial charge in [-0.3, -0.25) is 4.74 Å². The Hall–Kier alpha value is -0.850. The molecule has 6 nitrogen and oxygen atoms in total. The van der Waals surface area contributed by atoms with Crippen LogP contribution in [0.2, 0.25) is 0 Å². The van der Waals surface area contributed by atoms with E-state index in [1.165, 1.54) is 0 Å². The van der Waals surface area contributed by atoms with Crippen LogP contribution >= 0.6 is 0 Å². The zero-order chi connectivity index (χ0) is 9.47. The molecule has 2 rings (SSSR count). The van der Waals surface area contributed by atoms with Gasteiger partial charge in [0.05, 0.1) is 5.92 Å². The van der Waals surface area contributed by atoms with Gasteiger partial charge in [0.1, 0.15) is 6.61 Å². The minimum Gasteiger partial charge on any atom is -0.434 e. The lowest BCUT2D eigenvalue weighted by atomic mass is 9.99. The Morgan fingerprint density at radius 2 is 2.23 bits per heavy atom. The topological polar surface area (TPSA) is 85.2 Å². The van der Waals surface area contributed by atoms with Gasteiger partial charge in [0, 0.05) is 6.42 Å². The van der Waals surface area contributed by atoms with Gasteiger partial charge in [-0.15, -0.1) is 0 Å². The molecule has 2 saturated heterocycles. The molecule has 2 fully saturated rings. The molecule has 2 unspecified atom stereocenters. The van der Waals surface area contributed by atoms with Crippen molar-refractivity contribution in [3.8, 4) is 0 Å². The lowest BCUT2D eigenvalue weighted by molar-refractivity contribution is -0.415. The zero-order valence-corrected chi connectivity index (χ0v) is 6.80. The average molecular weight is 190 g/mol. The van der Waals surface area contributed by atoms with E-state index >= 15 is 0 Å². The van der Waals surface area contributed by atoms with Crippen molar-refractivity contribution in [3.05, 3.63) is 0 Å². The molecule has 0 radical (unpaired) electrons. The van der Waals surface area contributed by atoms with Crippen molar-refractivity contribution >= 4 is 6.16 Å². The molecule has 2 atom stereocenters. The molecule has 2 N–H and O–H groups in total. The van der Waals surface area contributed by atoms with Crippen LogP contribution < -0.4 is 0 Å². The Bertz CT molecular complexity index is 225. The van der Waals surface area contributed by atoms with E-state index in [0.717, 1.165) is 0 Å². The molecular formula is C7H10O6. The summed E-state index contributed by atoms with van der Waals surface area (Å²) in [6.45, 7) is 0.208. The second-order valence-corrected chi connectivity index (χ2v) is 3.21. The van der Waals surface area contributed by atoms with Gasteiger partial charge in [-0.1, -0.05) is 0 Å². The van der Waals surface area contributed by atoms with Crippen LogP contribution in [0.5, 0.6) is 0 Å². The summed E-state index contributed by atoms with van der Waals surface area (Å²) in [4.78, 5) is 10.6. The summed E-state index contributed by atoms with van der Waals surface area (Å²) < 4.78 is 14.0. The Kier molecular flexibility index (Phi) is 1.90. The van der Waals surface area contributed by atoms with Gasteiger partial charge in [0.15, 0.2) is 0 Å². The van der Waals surface area contributed by atoms with Crippen LogP contribution in [0.3, 0.4) is 0 Å². The van der Waals surface area contributed by atoms with Crippen LogP contribution in [0, 0.1) is 5.92 Å². The lowest BCUT2D eigenvalue weighted by Crippen LogP contribution is -2.50. The number of hydrogen-bond donors (Lipinski definition) is 2. The maximum atomic E-state index is 10.6. The monoisotopic (exact) mass is 190 g/mol. The molecule has 0 amide bonds. The summed E-state index contributed by atoms with van der Waals surface area (Å²) in [5.41, 5.74) is 0. The third-order valence-electron chi connectivity index (χ3n) is 2.16. The van der Waals surface area contributed by atoms with Crippen LogP contribution in [0.25, 0.3) is 0 Å². The molecule has 2 aliphatic heterocycles. The summed E-state index contributed by atoms with van der Waals surface area (Å²) in [6, 6.07) is 0. The van der Waals surface area contributed by atoms with Crippen LogP contribution in [-0.4, -0.2) is 35.2 Å². The highest BCUT2D eigenvalue weighted by Gasteiger charge is 2.44. The van der Waals surface area contributed by atoms with Crippen LogP contribution in [-0.2, 0) is 14.2 Å². The molecule has 2 aliphatic rings. The summed E-state index contributed by atoms with van der Waals surface area (Å²) in [7, 11) is 0. The van der Waals surface area contributed by atoms with E-state index in [2.05, 4.69) is 9.47 Å². The molecule has 0 bridgehead atoms. The number of carbonyl (C=O) groups excluding carboxylic acids is 1. The Balaban J connectivity index is 2.03. The molecule has 0 aromatic rings. The van der Waals surface area contributed by atoms with Crippen LogP contribution in [0.1, 0.15) is 12.8 Å². The van der Waals surface area contributed by atoms with Gasteiger partial charge in [-0.25, -0.2) is 4.79 Å². The van der Waals surface area contributed by atoms with E-state index in [4.69, 9.17) is 14.9 Å². The molecule has 2 heterocycles. The lowest BCUT2D eigenvalue weighted by Gasteiger charge is -2.39. The van der Waals surface area contributed by atoms with E-state index in [1.807, 2.05) is 0 Å². The molecular weight excluding hydrogens is 180 g/mol. The molecule has 0 aromatic carbocycles. The number of aliphatic hydroxyl groups is 2. The zero-order valence-electron chi connectivity index (χ0n) is 6.80. The summed E-state index contributed by atoms with van der Waals surface area (Å²) >= 11 is 0. The Labute approximate surface area is 74.0 Å². The SMILES string of the molecule is O=C1OCC2CCC(O)(O)OC2O1. The quantitative estimate of drug-likeness (QED) is 0.397. The first kappa shape index (κ1) is 8.74. The minimum absolute atomic E-state index is 0.0923. The largest absolute Gasteiger partial charge is 0.510 e. The average Bonchev–Trinajstić information content (AvgIpc) is 2.01. The highest BCUT2D eigenvalue weighted by Crippen LogP contribution is 2.32. The van der Waals surface area contributed by atoms with Crippen molar-refractivity contribution in [2.24, 2.45) is 5.92 Å². The first-order valence-electron chi connectivity index (χ1n) is 4.03. The minimum atomic E-state index is -2.18. The van der Waals surface area contributed by atoms with E-state index < -0.39 is 18.4 Å². The molecule has 74 valence electrons. The van der Waals surface area contributed by atoms with Gasteiger partial charge in [-0.2, -0.15) is 0 Å². The Morgan fingerprint density at radius 3 is 3.00 bits per heavy atom. The van der Waals surface area contributed by atoms with Crippen molar-refractivity contribution in [3.63, 3.8) is 0 Å². The van der Waals surface area contributed by atoms with Gasteiger partial charge >= 0.3 is 6.16 Å². The van der Waals surface area contributed by atoms with Crippen LogP contribution in [0.15, 0.2) is 0 Å². The number of fused-ring (bicyclic) bond motifs is 1. The fourth-order valence-corrected chi connectivity index (χ4v) is 1.44. The van der Waals surface area contributed by atoms with E-state index in [0.29, 0.717) is 6.42 Å². The highest BCUT2D eigenvalue weighted by molar-refractivity contribution is 5.60. The van der Waals surface area contributed by atoms with Crippen molar-refractivity contribution < 1.29 is 29.2 Å². The van der Waals surface area contributed by atoms with Crippen molar-refractivity contribution in [2.75, 3.05) is 6.61 Å². The number of carbonyl (C=O) groups is 1. The highest BCUT2D eigenvalue weighted by atomic mass is 16.9. The third-order valence-corrected chi connectivity index (χ3v) is 2.16. The first-order valence-corrected chi connectivity index (χ1v) is 4.03. The maximum absolute atomic E-state index is 10.6. The molecule has 0 aliphatic carbocycles. The Morgan fingerprint density at radius 1 is 1.46 bits per heavy atom. The van der Waals surface area contributed by atoms with E-state index in [1.54, 1.807) is 0 Å². The fraction of sp³-hybridized carbons (Fsp3) is 0.857. The summed E-state index contributed by atoms with van der Waals surface area (Å²) in [5.74, 6) is -2.29. The normalized spacial score (nSPS) is 37.2. The first-order chi connectivity index (χ1) is 6.07. The van der Waals surface area contributed by atoms with Crippen LogP contribution in [0.4, 0.5) is 4.79 Å². The smallest absolute Gasteiger partial charge is 0.434 e. The number of hydrogen-bond acceptors (Lipinski definition) is 6. The molecule has 0 aromatic heterocycles. The predicted molar refractivity (Wildman–Crippen MR) is 37.2 cm³/mol. The fourth-order valence-electron chi connectivity index (χ4n) is 1.44. The standard InChI is InChI=1S/C7H10O6/c8-6-11-3-4-1-2-7(9,10)13-5(4)12-6/h4-5,9-10H,1-3H2. The van der Waals surface area contributed by atoms with E-state index in [-0.39, 0.29) is 18.9 Å². The second kappa shape index (κ2) is 2.83. The predicted octanol–water partition coefficient (Wildman–Crippen LogP) is -0.456. The van der Waals surface area contributed by atoms with Gasteiger partial charge in [0.2, 0.25) is 6.29 Å². The van der Waals surface area contributed by atoms with Gasteiger partial charge < -0.3 is 19.7 Å². The van der Waals surface area contributed by atoms with Crippen molar-refractivity contribution in [2.45, 2.75) is 25.1 Å². The van der Waals surface area contributed by atoms with Crippen molar-refractivity contribution in [1.29, 1.82) is 0 Å². The second-order valence-electron chi connectivity index (χ2n) is 3.21. The van der Waals surface area contributed by atoms with E-state index in [9.17, 15) is 4.79 Å². The van der Waals surface area contributed by atoms with Crippen molar-refractivity contribution in [1.82, 2.24) is 0 Å². The molecule has 13 heavy (non-hydrogen) atoms. The maximum Gasteiger partial charge on any atom is 0.510 e. The number of ether oxygens (including phenoxy) is 3. The summed E-state index contributed by atoms with van der Waals surface area (Å²) in [5, 5.41) is 18.2.